The van der Waals surface area contributed by atoms with Gasteiger partial charge in [0.05, 0.1) is 6.10 Å². The number of carbonyl (C=O) groups is 1. The van der Waals surface area contributed by atoms with Crippen LogP contribution in [0.2, 0.25) is 0 Å². The minimum atomic E-state index is 0.0424. The largest absolute Gasteiger partial charge is 0.465 e. The summed E-state index contributed by atoms with van der Waals surface area (Å²) < 4.78 is 5.02. The molecular weight excluding hydrogens is 272 g/mol. The molecule has 0 aromatic rings. The van der Waals surface area contributed by atoms with Gasteiger partial charge in [-0.05, 0) is 74.5 Å². The molecule has 0 aliphatic heterocycles. The Labute approximate surface area is 136 Å². The first kappa shape index (κ1) is 17.6. The van der Waals surface area contributed by atoms with Crippen LogP contribution >= 0.6 is 0 Å². The van der Waals surface area contributed by atoms with Crippen LogP contribution in [0.15, 0.2) is 12.2 Å². The first-order valence-electron chi connectivity index (χ1n) is 9.08. The van der Waals surface area contributed by atoms with Crippen molar-refractivity contribution < 1.29 is 9.53 Å². The van der Waals surface area contributed by atoms with E-state index >= 15 is 0 Å². The molecule has 0 heterocycles. The Hall–Kier alpha value is -0.790. The predicted molar refractivity (Wildman–Crippen MR) is 91.6 cm³/mol. The molecule has 2 rings (SSSR count). The van der Waals surface area contributed by atoms with Gasteiger partial charge in [0.25, 0.3) is 6.47 Å². The van der Waals surface area contributed by atoms with Crippen molar-refractivity contribution in [3.05, 3.63) is 12.2 Å². The molecule has 0 spiro atoms. The number of hydrogen-bond donors (Lipinski definition) is 0. The van der Waals surface area contributed by atoms with E-state index in [-0.39, 0.29) is 6.10 Å². The van der Waals surface area contributed by atoms with E-state index in [9.17, 15) is 4.79 Å². The summed E-state index contributed by atoms with van der Waals surface area (Å²) in [6.45, 7) is 14.5. The van der Waals surface area contributed by atoms with Crippen LogP contribution in [0.4, 0.5) is 0 Å². The molecule has 22 heavy (non-hydrogen) atoms. The van der Waals surface area contributed by atoms with Gasteiger partial charge in [-0.25, -0.2) is 0 Å². The quantitative estimate of drug-likeness (QED) is 0.477. The minimum Gasteiger partial charge on any atom is -0.465 e. The highest BCUT2D eigenvalue weighted by atomic mass is 16.5. The first-order valence-corrected chi connectivity index (χ1v) is 9.08. The lowest BCUT2D eigenvalue weighted by Crippen LogP contribution is -2.49. The Kier molecular flexibility index (Phi) is 5.40. The Morgan fingerprint density at radius 2 is 2.09 bits per heavy atom. The lowest BCUT2D eigenvalue weighted by Gasteiger charge is -2.58. The van der Waals surface area contributed by atoms with Crippen LogP contribution in [-0.2, 0) is 9.53 Å². The Morgan fingerprint density at radius 3 is 2.77 bits per heavy atom. The molecule has 0 radical (unpaired) electrons. The normalized spacial score (nSPS) is 35.5. The Balaban J connectivity index is 2.04. The molecular formula is C20H34O2. The van der Waals surface area contributed by atoms with Gasteiger partial charge in [-0.1, -0.05) is 39.3 Å². The summed E-state index contributed by atoms with van der Waals surface area (Å²) in [6.07, 6.45) is 9.94. The van der Waals surface area contributed by atoms with Crippen molar-refractivity contribution in [2.45, 2.75) is 85.2 Å². The molecule has 0 amide bonds. The van der Waals surface area contributed by atoms with Crippen molar-refractivity contribution in [2.24, 2.45) is 22.7 Å². The van der Waals surface area contributed by atoms with Crippen molar-refractivity contribution in [3.63, 3.8) is 0 Å². The smallest absolute Gasteiger partial charge is 0.293 e. The zero-order valence-corrected chi connectivity index (χ0v) is 15.0. The Bertz CT molecular complexity index is 412. The lowest BCUT2D eigenvalue weighted by molar-refractivity contribution is -0.133. The van der Waals surface area contributed by atoms with Crippen LogP contribution in [-0.4, -0.2) is 12.6 Å². The topological polar surface area (TPSA) is 26.3 Å². The molecule has 2 aliphatic carbocycles. The molecule has 4 atom stereocenters. The van der Waals surface area contributed by atoms with Crippen LogP contribution < -0.4 is 0 Å². The zero-order valence-electron chi connectivity index (χ0n) is 15.0. The fraction of sp³-hybridized carbons (Fsp3) is 0.850. The summed E-state index contributed by atoms with van der Waals surface area (Å²) in [6, 6.07) is 0. The lowest BCUT2D eigenvalue weighted by atomic mass is 9.47. The van der Waals surface area contributed by atoms with Gasteiger partial charge in [0.1, 0.15) is 0 Å². The molecule has 0 bridgehead atoms. The van der Waals surface area contributed by atoms with E-state index in [1.165, 1.54) is 44.1 Å². The molecule has 0 aromatic carbocycles. The van der Waals surface area contributed by atoms with Crippen LogP contribution in [0.1, 0.15) is 79.1 Å². The number of rotatable bonds is 6. The zero-order chi connectivity index (χ0) is 16.4. The molecule has 2 heteroatoms. The van der Waals surface area contributed by atoms with Gasteiger partial charge >= 0.3 is 0 Å². The average Bonchev–Trinajstić information content (AvgIpc) is 2.41. The van der Waals surface area contributed by atoms with Gasteiger partial charge in [-0.2, -0.15) is 0 Å². The fourth-order valence-corrected chi connectivity index (χ4v) is 5.58. The molecule has 2 saturated carbocycles. The van der Waals surface area contributed by atoms with E-state index in [0.29, 0.717) is 23.2 Å². The summed E-state index contributed by atoms with van der Waals surface area (Å²) in [7, 11) is 0. The van der Waals surface area contributed by atoms with Crippen LogP contribution in [0.5, 0.6) is 0 Å². The summed E-state index contributed by atoms with van der Waals surface area (Å²) >= 11 is 0. The summed E-state index contributed by atoms with van der Waals surface area (Å²) in [5.74, 6) is 1.47. The van der Waals surface area contributed by atoms with Gasteiger partial charge in [-0.15, -0.1) is 0 Å². The second-order valence-electron chi connectivity index (χ2n) is 8.62. The minimum absolute atomic E-state index is 0.0424. The second kappa shape index (κ2) is 6.76. The number of allylic oxidation sites excluding steroid dienone is 1. The van der Waals surface area contributed by atoms with Gasteiger partial charge in [0.15, 0.2) is 0 Å². The predicted octanol–water partition coefficient (Wildman–Crippen LogP) is 5.52. The second-order valence-corrected chi connectivity index (χ2v) is 8.62. The third-order valence-electron chi connectivity index (χ3n) is 6.71. The average molecular weight is 306 g/mol. The summed E-state index contributed by atoms with van der Waals surface area (Å²) in [5, 5.41) is 0. The van der Waals surface area contributed by atoms with Gasteiger partial charge in [0, 0.05) is 0 Å². The van der Waals surface area contributed by atoms with E-state index in [0.717, 1.165) is 18.8 Å². The third-order valence-corrected chi connectivity index (χ3v) is 6.71. The molecule has 2 nitrogen and oxygen atoms in total. The summed E-state index contributed by atoms with van der Waals surface area (Å²) in [4.78, 5) is 10.4. The Morgan fingerprint density at radius 1 is 1.36 bits per heavy atom. The van der Waals surface area contributed by atoms with Gasteiger partial charge < -0.3 is 4.74 Å². The maximum absolute atomic E-state index is 10.4. The monoisotopic (exact) mass is 306 g/mol. The number of carbonyl (C=O) groups excluding carboxylic acids is 1. The fourth-order valence-electron chi connectivity index (χ4n) is 5.58. The number of fused-ring (bicyclic) bond motifs is 1. The van der Waals surface area contributed by atoms with E-state index in [1.54, 1.807) is 0 Å². The van der Waals surface area contributed by atoms with Crippen LogP contribution in [0.3, 0.4) is 0 Å². The van der Waals surface area contributed by atoms with Gasteiger partial charge in [-0.3, -0.25) is 4.79 Å². The van der Waals surface area contributed by atoms with Crippen molar-refractivity contribution in [2.75, 3.05) is 0 Å². The van der Waals surface area contributed by atoms with Crippen molar-refractivity contribution in [3.8, 4) is 0 Å². The first-order chi connectivity index (χ1) is 10.3. The molecule has 0 aromatic heterocycles. The molecule has 126 valence electrons. The standard InChI is InChI=1S/C20H34O2/c1-15-10-11-18-19(3,4)12-7-13-20(18,5)17(15)9-6-8-16(2)22-14-21/h14,16-18H,1,6-13H2,2-5H3/t16?,17-,18?,20+/m0/s1. The highest BCUT2D eigenvalue weighted by molar-refractivity contribution is 5.37. The maximum Gasteiger partial charge on any atom is 0.293 e. The number of ether oxygens (including phenoxy) is 1. The van der Waals surface area contributed by atoms with Crippen molar-refractivity contribution in [1.29, 1.82) is 0 Å². The van der Waals surface area contributed by atoms with Gasteiger partial charge in [0.2, 0.25) is 0 Å². The molecule has 0 N–H and O–H groups in total. The van der Waals surface area contributed by atoms with E-state index in [4.69, 9.17) is 4.74 Å². The van der Waals surface area contributed by atoms with Crippen molar-refractivity contribution >= 4 is 6.47 Å². The molecule has 2 aliphatic rings. The number of hydrogen-bond acceptors (Lipinski definition) is 2. The van der Waals surface area contributed by atoms with E-state index in [2.05, 4.69) is 27.4 Å². The maximum atomic E-state index is 10.4. The van der Waals surface area contributed by atoms with Crippen LogP contribution in [0.25, 0.3) is 0 Å². The highest BCUT2D eigenvalue weighted by Crippen LogP contribution is 2.61. The van der Waals surface area contributed by atoms with E-state index < -0.39 is 0 Å². The van der Waals surface area contributed by atoms with Crippen LogP contribution in [0, 0.1) is 22.7 Å². The van der Waals surface area contributed by atoms with E-state index in [1.807, 2.05) is 6.92 Å². The third kappa shape index (κ3) is 3.41. The molecule has 0 saturated heterocycles. The SMILES string of the molecule is C=C1CCC2C(C)(C)CCC[C@]2(C)[C@H]1CCCC(C)OC=O. The summed E-state index contributed by atoms with van der Waals surface area (Å²) in [5.41, 5.74) is 2.37. The highest BCUT2D eigenvalue weighted by Gasteiger charge is 2.52. The molecule has 2 fully saturated rings. The van der Waals surface area contributed by atoms with Crippen molar-refractivity contribution in [1.82, 2.24) is 0 Å². The molecule has 2 unspecified atom stereocenters.